The molecule has 138 valence electrons. The first-order chi connectivity index (χ1) is 13.3. The van der Waals surface area contributed by atoms with E-state index in [0.717, 1.165) is 38.0 Å². The number of aromatic amines is 1. The fraction of sp³-hybridized carbons (Fsp3) is 0.273. The van der Waals surface area contributed by atoms with Gasteiger partial charge in [-0.3, -0.25) is 9.89 Å². The van der Waals surface area contributed by atoms with Crippen molar-refractivity contribution in [2.24, 2.45) is 0 Å². The summed E-state index contributed by atoms with van der Waals surface area (Å²) in [5.74, 6) is -0.0938. The van der Waals surface area contributed by atoms with Gasteiger partial charge in [-0.25, -0.2) is 0 Å². The largest absolute Gasteiger partial charge is 0.371 e. The molecule has 0 atom stereocenters. The molecule has 1 saturated heterocycles. The summed E-state index contributed by atoms with van der Waals surface area (Å²) in [6.07, 6.45) is 2.64. The van der Waals surface area contributed by atoms with Crippen LogP contribution in [-0.4, -0.2) is 35.2 Å². The van der Waals surface area contributed by atoms with E-state index >= 15 is 0 Å². The second-order valence-electron chi connectivity index (χ2n) is 7.01. The third-order valence-corrected chi connectivity index (χ3v) is 5.05. The zero-order valence-corrected chi connectivity index (χ0v) is 15.3. The van der Waals surface area contributed by atoms with E-state index in [4.69, 9.17) is 0 Å². The maximum Gasteiger partial charge on any atom is 0.271 e. The summed E-state index contributed by atoms with van der Waals surface area (Å²) >= 11 is 0. The van der Waals surface area contributed by atoms with Crippen molar-refractivity contribution in [2.45, 2.75) is 25.3 Å². The van der Waals surface area contributed by atoms with Crippen LogP contribution in [0.3, 0.4) is 0 Å². The predicted octanol–water partition coefficient (Wildman–Crippen LogP) is 3.40. The Bertz CT molecular complexity index is 868. The minimum absolute atomic E-state index is 0.0938. The number of nitrogens with one attached hydrogen (secondary N) is 2. The van der Waals surface area contributed by atoms with Gasteiger partial charge in [0, 0.05) is 36.9 Å². The molecule has 4 rings (SSSR count). The number of nitrogens with zero attached hydrogens (tertiary/aromatic N) is 2. The summed E-state index contributed by atoms with van der Waals surface area (Å²) in [4.78, 5) is 14.9. The Balaban J connectivity index is 1.30. The van der Waals surface area contributed by atoms with Crippen LogP contribution in [0.25, 0.3) is 0 Å². The zero-order valence-electron chi connectivity index (χ0n) is 15.3. The molecule has 0 radical (unpaired) electrons. The van der Waals surface area contributed by atoms with Gasteiger partial charge in [-0.15, -0.1) is 0 Å². The standard InChI is InChI=1S/C22H24N4O/c27-22(21-16-19(24-25-21)15-17-7-3-1-4-8-17)23-18-11-13-26(14-12-18)20-9-5-2-6-10-20/h1-10,16,18H,11-15H2,(H,23,27)(H,24,25). The van der Waals surface area contributed by atoms with E-state index in [9.17, 15) is 4.79 Å². The topological polar surface area (TPSA) is 61.0 Å². The Labute approximate surface area is 159 Å². The highest BCUT2D eigenvalue weighted by atomic mass is 16.2. The van der Waals surface area contributed by atoms with E-state index in [0.29, 0.717) is 5.69 Å². The van der Waals surface area contributed by atoms with Crippen LogP contribution in [0.1, 0.15) is 34.6 Å². The van der Waals surface area contributed by atoms with Crippen LogP contribution in [-0.2, 0) is 6.42 Å². The number of benzene rings is 2. The third-order valence-electron chi connectivity index (χ3n) is 5.05. The molecule has 0 saturated carbocycles. The van der Waals surface area contributed by atoms with Gasteiger partial charge >= 0.3 is 0 Å². The lowest BCUT2D eigenvalue weighted by molar-refractivity contribution is 0.0926. The molecule has 0 aliphatic carbocycles. The lowest BCUT2D eigenvalue weighted by Gasteiger charge is -2.33. The molecular weight excluding hydrogens is 336 g/mol. The van der Waals surface area contributed by atoms with Gasteiger partial charge in [0.2, 0.25) is 0 Å². The number of hydrogen-bond acceptors (Lipinski definition) is 3. The van der Waals surface area contributed by atoms with E-state index in [2.05, 4.69) is 56.8 Å². The van der Waals surface area contributed by atoms with Gasteiger partial charge in [-0.2, -0.15) is 5.10 Å². The van der Waals surface area contributed by atoms with Crippen LogP contribution < -0.4 is 10.2 Å². The van der Waals surface area contributed by atoms with Crippen molar-refractivity contribution in [2.75, 3.05) is 18.0 Å². The highest BCUT2D eigenvalue weighted by Crippen LogP contribution is 2.19. The number of piperidine rings is 1. The van der Waals surface area contributed by atoms with Crippen LogP contribution >= 0.6 is 0 Å². The Morgan fingerprint density at radius 3 is 2.41 bits per heavy atom. The molecule has 5 heteroatoms. The molecule has 27 heavy (non-hydrogen) atoms. The van der Waals surface area contributed by atoms with Crippen molar-refractivity contribution in [3.05, 3.63) is 83.7 Å². The summed E-state index contributed by atoms with van der Waals surface area (Å²) < 4.78 is 0. The Hall–Kier alpha value is -3.08. The smallest absolute Gasteiger partial charge is 0.271 e. The normalized spacial score (nSPS) is 14.9. The van der Waals surface area contributed by atoms with Crippen LogP contribution in [0, 0.1) is 0 Å². The minimum atomic E-state index is -0.0938. The molecular formula is C22H24N4O. The van der Waals surface area contributed by atoms with Crippen LogP contribution in [0.2, 0.25) is 0 Å². The van der Waals surface area contributed by atoms with Gasteiger partial charge < -0.3 is 10.2 Å². The number of carbonyl (C=O) groups excluding carboxylic acids is 1. The minimum Gasteiger partial charge on any atom is -0.371 e. The van der Waals surface area contributed by atoms with Crippen LogP contribution in [0.15, 0.2) is 66.7 Å². The number of hydrogen-bond donors (Lipinski definition) is 2. The number of para-hydroxylation sites is 1. The first kappa shape index (κ1) is 17.3. The molecule has 3 aromatic rings. The number of aromatic nitrogens is 2. The molecule has 2 aromatic carbocycles. The lowest BCUT2D eigenvalue weighted by Crippen LogP contribution is -2.44. The molecule has 1 amide bonds. The van der Waals surface area contributed by atoms with Crippen LogP contribution in [0.5, 0.6) is 0 Å². The monoisotopic (exact) mass is 360 g/mol. The van der Waals surface area contributed by atoms with E-state index in [1.807, 2.05) is 30.3 Å². The quantitative estimate of drug-likeness (QED) is 0.733. The third kappa shape index (κ3) is 4.37. The molecule has 0 spiro atoms. The maximum absolute atomic E-state index is 12.5. The van der Waals surface area contributed by atoms with Crippen molar-refractivity contribution >= 4 is 11.6 Å². The molecule has 0 bridgehead atoms. The average Bonchev–Trinajstić information content (AvgIpc) is 3.19. The molecule has 1 aromatic heterocycles. The second kappa shape index (κ2) is 8.08. The Morgan fingerprint density at radius 1 is 1.04 bits per heavy atom. The van der Waals surface area contributed by atoms with Gasteiger partial charge in [0.05, 0.1) is 0 Å². The Kier molecular flexibility index (Phi) is 5.19. The summed E-state index contributed by atoms with van der Waals surface area (Å²) in [6.45, 7) is 1.91. The Morgan fingerprint density at radius 2 is 1.70 bits per heavy atom. The first-order valence-electron chi connectivity index (χ1n) is 9.47. The van der Waals surface area contributed by atoms with Gasteiger partial charge in [0.1, 0.15) is 5.69 Å². The van der Waals surface area contributed by atoms with Gasteiger partial charge in [0.25, 0.3) is 5.91 Å². The van der Waals surface area contributed by atoms with Crippen LogP contribution in [0.4, 0.5) is 5.69 Å². The molecule has 0 unspecified atom stereocenters. The zero-order chi connectivity index (χ0) is 18.5. The molecule has 1 fully saturated rings. The SMILES string of the molecule is O=C(NC1CCN(c2ccccc2)CC1)c1cc(Cc2ccccc2)[nH]n1. The number of H-pyrrole nitrogens is 1. The fourth-order valence-corrected chi connectivity index (χ4v) is 3.56. The predicted molar refractivity (Wildman–Crippen MR) is 107 cm³/mol. The lowest BCUT2D eigenvalue weighted by atomic mass is 10.0. The van der Waals surface area contributed by atoms with Crippen molar-refractivity contribution in [3.63, 3.8) is 0 Å². The summed E-state index contributed by atoms with van der Waals surface area (Å²) in [5, 5.41) is 10.3. The van der Waals surface area contributed by atoms with Gasteiger partial charge in [-0.05, 0) is 36.6 Å². The van der Waals surface area contributed by atoms with E-state index in [-0.39, 0.29) is 11.9 Å². The molecule has 2 heterocycles. The molecule has 5 nitrogen and oxygen atoms in total. The van der Waals surface area contributed by atoms with E-state index in [1.54, 1.807) is 0 Å². The number of amides is 1. The van der Waals surface area contributed by atoms with Crippen molar-refractivity contribution < 1.29 is 4.79 Å². The fourth-order valence-electron chi connectivity index (χ4n) is 3.56. The van der Waals surface area contributed by atoms with E-state index in [1.165, 1.54) is 11.3 Å². The van der Waals surface area contributed by atoms with Crippen molar-refractivity contribution in [3.8, 4) is 0 Å². The molecule has 2 N–H and O–H groups in total. The summed E-state index contributed by atoms with van der Waals surface area (Å²) in [5.41, 5.74) is 3.86. The summed E-state index contributed by atoms with van der Waals surface area (Å²) in [6, 6.07) is 22.7. The number of carbonyl (C=O) groups is 1. The first-order valence-corrected chi connectivity index (χ1v) is 9.47. The van der Waals surface area contributed by atoms with Gasteiger partial charge in [0.15, 0.2) is 0 Å². The van der Waals surface area contributed by atoms with E-state index < -0.39 is 0 Å². The highest BCUT2D eigenvalue weighted by Gasteiger charge is 2.22. The van der Waals surface area contributed by atoms with Crippen molar-refractivity contribution in [1.29, 1.82) is 0 Å². The highest BCUT2D eigenvalue weighted by molar-refractivity contribution is 5.92. The molecule has 1 aliphatic rings. The van der Waals surface area contributed by atoms with Gasteiger partial charge in [-0.1, -0.05) is 48.5 Å². The maximum atomic E-state index is 12.5. The number of rotatable bonds is 5. The summed E-state index contributed by atoms with van der Waals surface area (Å²) in [7, 11) is 0. The second-order valence-corrected chi connectivity index (χ2v) is 7.01. The van der Waals surface area contributed by atoms with Crippen molar-refractivity contribution in [1.82, 2.24) is 15.5 Å². The number of anilines is 1. The average molecular weight is 360 g/mol. The molecule has 1 aliphatic heterocycles.